The normalized spacial score (nSPS) is 22.4. The van der Waals surface area contributed by atoms with Crippen LogP contribution >= 0.6 is 0 Å². The maximum absolute atomic E-state index is 12.8. The predicted octanol–water partition coefficient (Wildman–Crippen LogP) is 1.84. The van der Waals surface area contributed by atoms with Gasteiger partial charge in [-0.2, -0.15) is 5.10 Å². The van der Waals surface area contributed by atoms with E-state index >= 15 is 0 Å². The molecule has 1 unspecified atom stereocenters. The van der Waals surface area contributed by atoms with Crippen LogP contribution in [-0.4, -0.2) is 42.9 Å². The van der Waals surface area contributed by atoms with Crippen LogP contribution in [0.3, 0.4) is 0 Å². The molecule has 1 aliphatic carbocycles. The van der Waals surface area contributed by atoms with Crippen LogP contribution in [0.15, 0.2) is 55.1 Å². The van der Waals surface area contributed by atoms with E-state index in [9.17, 15) is 9.90 Å². The van der Waals surface area contributed by atoms with E-state index in [1.54, 1.807) is 24.7 Å². The fourth-order valence-corrected chi connectivity index (χ4v) is 3.64. The molecule has 4 rings (SSSR count). The summed E-state index contributed by atoms with van der Waals surface area (Å²) in [6.45, 7) is 0.749. The summed E-state index contributed by atoms with van der Waals surface area (Å²) in [6.07, 6.45) is 7.89. The molecule has 0 radical (unpaired) electrons. The van der Waals surface area contributed by atoms with Gasteiger partial charge in [-0.15, -0.1) is 0 Å². The number of nitrogens with zero attached hydrogens (tertiary/aromatic N) is 3. The number of hydrogen-bond donors (Lipinski definition) is 3. The summed E-state index contributed by atoms with van der Waals surface area (Å²) < 4.78 is 1.87. The smallest absolute Gasteiger partial charge is 0.252 e. The zero-order valence-electron chi connectivity index (χ0n) is 14.2. The Morgan fingerprint density at radius 1 is 1.27 bits per heavy atom. The molecule has 7 nitrogen and oxygen atoms in total. The number of carbonyl (C=O) groups excluding carboxylic acids is 1. The SMILES string of the molecule is O=C(N[C@@H]1CC(Cn2cccn2)C[C@H]1O)c1ccccc1-c1ncc[nH]1. The molecule has 26 heavy (non-hydrogen) atoms. The van der Waals surface area contributed by atoms with Crippen LogP contribution in [0.4, 0.5) is 0 Å². The summed E-state index contributed by atoms with van der Waals surface area (Å²) in [7, 11) is 0. The third kappa shape index (κ3) is 3.39. The Morgan fingerprint density at radius 3 is 2.92 bits per heavy atom. The number of carbonyl (C=O) groups is 1. The number of aromatic amines is 1. The van der Waals surface area contributed by atoms with Crippen LogP contribution in [0.1, 0.15) is 23.2 Å². The van der Waals surface area contributed by atoms with Gasteiger partial charge in [-0.3, -0.25) is 9.48 Å². The number of amides is 1. The first-order valence-electron chi connectivity index (χ1n) is 8.76. The van der Waals surface area contributed by atoms with E-state index in [1.807, 2.05) is 35.1 Å². The maximum atomic E-state index is 12.8. The summed E-state index contributed by atoms with van der Waals surface area (Å²) >= 11 is 0. The van der Waals surface area contributed by atoms with Gasteiger partial charge >= 0.3 is 0 Å². The molecule has 3 atom stereocenters. The van der Waals surface area contributed by atoms with E-state index in [0.29, 0.717) is 17.8 Å². The van der Waals surface area contributed by atoms with Crippen molar-refractivity contribution in [3.05, 3.63) is 60.7 Å². The summed E-state index contributed by atoms with van der Waals surface area (Å²) in [5.41, 5.74) is 1.29. The fraction of sp³-hybridized carbons (Fsp3) is 0.316. The Hall–Kier alpha value is -2.93. The van der Waals surface area contributed by atoms with Gasteiger partial charge in [-0.25, -0.2) is 4.98 Å². The molecule has 0 aliphatic heterocycles. The number of aliphatic hydroxyl groups excluding tert-OH is 1. The number of aliphatic hydroxyl groups is 1. The Labute approximate surface area is 151 Å². The van der Waals surface area contributed by atoms with E-state index in [0.717, 1.165) is 18.5 Å². The Bertz CT molecular complexity index is 860. The van der Waals surface area contributed by atoms with Crippen molar-refractivity contribution >= 4 is 5.91 Å². The highest BCUT2D eigenvalue weighted by Gasteiger charge is 2.34. The molecule has 134 valence electrons. The average Bonchev–Trinajstić information content (AvgIpc) is 3.39. The lowest BCUT2D eigenvalue weighted by Crippen LogP contribution is -2.40. The predicted molar refractivity (Wildman–Crippen MR) is 96.2 cm³/mol. The molecule has 7 heteroatoms. The quantitative estimate of drug-likeness (QED) is 0.653. The molecular formula is C19H21N5O2. The average molecular weight is 351 g/mol. The van der Waals surface area contributed by atoms with Crippen LogP contribution in [0.25, 0.3) is 11.4 Å². The second-order valence-corrected chi connectivity index (χ2v) is 6.70. The topological polar surface area (TPSA) is 95.8 Å². The molecule has 1 saturated carbocycles. The van der Waals surface area contributed by atoms with Gasteiger partial charge in [0, 0.05) is 36.9 Å². The molecule has 2 heterocycles. The van der Waals surface area contributed by atoms with Gasteiger partial charge in [0.2, 0.25) is 0 Å². The Balaban J connectivity index is 1.45. The molecule has 0 bridgehead atoms. The number of H-pyrrole nitrogens is 1. The monoisotopic (exact) mass is 351 g/mol. The van der Waals surface area contributed by atoms with Crippen LogP contribution in [0.5, 0.6) is 0 Å². The highest BCUT2D eigenvalue weighted by Crippen LogP contribution is 2.28. The van der Waals surface area contributed by atoms with E-state index in [4.69, 9.17) is 0 Å². The summed E-state index contributed by atoms with van der Waals surface area (Å²) in [5, 5.41) is 17.6. The van der Waals surface area contributed by atoms with E-state index in [1.165, 1.54) is 0 Å². The van der Waals surface area contributed by atoms with Crippen molar-refractivity contribution in [2.75, 3.05) is 0 Å². The summed E-state index contributed by atoms with van der Waals surface area (Å²) in [6, 6.07) is 8.96. The number of imidazole rings is 1. The van der Waals surface area contributed by atoms with E-state index in [-0.39, 0.29) is 17.9 Å². The largest absolute Gasteiger partial charge is 0.391 e. The number of rotatable bonds is 5. The molecule has 0 spiro atoms. The zero-order chi connectivity index (χ0) is 17.9. The second kappa shape index (κ2) is 7.13. The molecule has 1 fully saturated rings. The Morgan fingerprint density at radius 2 is 2.15 bits per heavy atom. The zero-order valence-corrected chi connectivity index (χ0v) is 14.2. The summed E-state index contributed by atoms with van der Waals surface area (Å²) in [4.78, 5) is 20.1. The molecule has 0 saturated heterocycles. The highest BCUT2D eigenvalue weighted by atomic mass is 16.3. The molecule has 3 aromatic rings. The van der Waals surface area contributed by atoms with Crippen LogP contribution in [0.2, 0.25) is 0 Å². The minimum absolute atomic E-state index is 0.194. The van der Waals surface area contributed by atoms with E-state index in [2.05, 4.69) is 20.4 Å². The van der Waals surface area contributed by atoms with Gasteiger partial charge in [0.1, 0.15) is 5.82 Å². The van der Waals surface area contributed by atoms with Crippen molar-refractivity contribution < 1.29 is 9.90 Å². The lowest BCUT2D eigenvalue weighted by atomic mass is 10.1. The lowest BCUT2D eigenvalue weighted by molar-refractivity contribution is 0.0873. The third-order valence-corrected chi connectivity index (χ3v) is 4.87. The number of hydrogen-bond acceptors (Lipinski definition) is 4. The molecule has 1 aromatic carbocycles. The Kier molecular flexibility index (Phi) is 4.53. The first-order chi connectivity index (χ1) is 12.7. The standard InChI is InChI=1S/C19H21N5O2/c25-17-11-13(12-24-9-3-6-22-24)10-16(17)23-19(26)15-5-2-1-4-14(15)18-20-7-8-21-18/h1-9,13,16-17,25H,10-12H2,(H,20,21)(H,23,26)/t13?,16-,17-/m1/s1. The van der Waals surface area contributed by atoms with Crippen LogP contribution < -0.4 is 5.32 Å². The third-order valence-electron chi connectivity index (χ3n) is 4.87. The van der Waals surface area contributed by atoms with Gasteiger partial charge in [-0.05, 0) is 30.9 Å². The number of benzene rings is 1. The van der Waals surface area contributed by atoms with Gasteiger partial charge in [0.25, 0.3) is 5.91 Å². The van der Waals surface area contributed by atoms with Crippen LogP contribution in [0, 0.1) is 5.92 Å². The van der Waals surface area contributed by atoms with Gasteiger partial charge < -0.3 is 15.4 Å². The van der Waals surface area contributed by atoms with Crippen molar-refractivity contribution in [3.8, 4) is 11.4 Å². The first-order valence-corrected chi connectivity index (χ1v) is 8.76. The van der Waals surface area contributed by atoms with Crippen molar-refractivity contribution in [2.24, 2.45) is 5.92 Å². The maximum Gasteiger partial charge on any atom is 0.252 e. The molecule has 1 amide bonds. The lowest BCUT2D eigenvalue weighted by Gasteiger charge is -2.17. The van der Waals surface area contributed by atoms with Gasteiger partial charge in [0.15, 0.2) is 0 Å². The van der Waals surface area contributed by atoms with Gasteiger partial charge in [0.05, 0.1) is 17.7 Å². The minimum Gasteiger partial charge on any atom is -0.391 e. The van der Waals surface area contributed by atoms with Crippen molar-refractivity contribution in [1.29, 1.82) is 0 Å². The molecule has 3 N–H and O–H groups in total. The highest BCUT2D eigenvalue weighted by molar-refractivity contribution is 6.00. The van der Waals surface area contributed by atoms with Crippen molar-refractivity contribution in [3.63, 3.8) is 0 Å². The van der Waals surface area contributed by atoms with E-state index < -0.39 is 6.10 Å². The van der Waals surface area contributed by atoms with Gasteiger partial charge in [-0.1, -0.05) is 18.2 Å². The second-order valence-electron chi connectivity index (χ2n) is 6.70. The molecule has 1 aliphatic rings. The van der Waals surface area contributed by atoms with Crippen molar-refractivity contribution in [1.82, 2.24) is 25.1 Å². The molecular weight excluding hydrogens is 330 g/mol. The minimum atomic E-state index is -0.546. The molecule has 2 aromatic heterocycles. The fourth-order valence-electron chi connectivity index (χ4n) is 3.64. The number of nitrogens with one attached hydrogen (secondary N) is 2. The number of aromatic nitrogens is 4. The van der Waals surface area contributed by atoms with Crippen molar-refractivity contribution in [2.45, 2.75) is 31.5 Å². The first kappa shape index (κ1) is 16.5. The van der Waals surface area contributed by atoms with Crippen LogP contribution in [-0.2, 0) is 6.54 Å². The summed E-state index contributed by atoms with van der Waals surface area (Å²) in [5.74, 6) is 0.746.